The molecule has 5 aliphatic heterocycles. The highest BCUT2D eigenvalue weighted by Crippen LogP contribution is 2.68. The van der Waals surface area contributed by atoms with Gasteiger partial charge in [-0.1, -0.05) is 43.2 Å². The summed E-state index contributed by atoms with van der Waals surface area (Å²) in [5.41, 5.74) is -1.60. The van der Waals surface area contributed by atoms with Gasteiger partial charge in [0.25, 0.3) is 0 Å². The van der Waals surface area contributed by atoms with Crippen molar-refractivity contribution in [2.45, 2.75) is 106 Å². The summed E-state index contributed by atoms with van der Waals surface area (Å²) in [5.74, 6) is 1.54. The van der Waals surface area contributed by atoms with Crippen LogP contribution < -0.4 is 9.64 Å². The van der Waals surface area contributed by atoms with Crippen LogP contribution in [0.15, 0.2) is 48.6 Å². The van der Waals surface area contributed by atoms with E-state index in [1.165, 1.54) is 21.1 Å². The molecule has 3 aromatic rings. The van der Waals surface area contributed by atoms with Gasteiger partial charge in [0.05, 0.1) is 27.4 Å². The van der Waals surface area contributed by atoms with Crippen LogP contribution in [0.3, 0.4) is 0 Å². The molecule has 1 aromatic heterocycles. The number of hydrogen-bond acceptors (Lipinski definition) is 12. The van der Waals surface area contributed by atoms with Gasteiger partial charge in [-0.05, 0) is 87.5 Å². The number of hydrogen-bond donors (Lipinski definition) is 2. The fraction of sp³-hybridized carbons (Fsp3) is 0.571. The Morgan fingerprint density at radius 1 is 1.02 bits per heavy atom. The Balaban J connectivity index is 1.35. The second-order valence-corrected chi connectivity index (χ2v) is 24.4. The van der Waals surface area contributed by atoms with Crippen LogP contribution in [0.5, 0.6) is 5.75 Å². The second kappa shape index (κ2) is 15.0. The minimum Gasteiger partial charge on any atom is -0.496 e. The summed E-state index contributed by atoms with van der Waals surface area (Å²) in [6.45, 7) is 13.1. The number of nitrogens with zero attached hydrogens (tertiary/aromatic N) is 3. The highest BCUT2D eigenvalue weighted by Gasteiger charge is 2.80. The van der Waals surface area contributed by atoms with E-state index in [0.717, 1.165) is 33.4 Å². The monoisotopic (exact) mass is 878 g/mol. The number of para-hydroxylation sites is 1. The number of esters is 3. The molecule has 1 spiro atoms. The molecule has 0 radical (unpaired) electrons. The number of piperidine rings is 1. The molecule has 6 aliphatic rings. The van der Waals surface area contributed by atoms with Gasteiger partial charge in [0.1, 0.15) is 16.8 Å². The first-order valence-electron chi connectivity index (χ1n) is 22.4. The molecule has 14 heteroatoms. The number of likely N-dealkylation sites (N-methyl/N-ethyl adjacent to an activating group) is 1. The number of carbonyl (C=O) groups is 3. The number of ether oxygens (including phenoxy) is 4. The average molecular weight is 879 g/mol. The first-order valence-corrected chi connectivity index (χ1v) is 25.8. The summed E-state index contributed by atoms with van der Waals surface area (Å²) in [4.78, 5) is 53.7. The molecule has 1 saturated carbocycles. The number of methoxy groups -OCH3 is 3. The van der Waals surface area contributed by atoms with Crippen molar-refractivity contribution in [3.8, 4) is 18.1 Å². The van der Waals surface area contributed by atoms with Gasteiger partial charge in [-0.25, -0.2) is 4.79 Å². The van der Waals surface area contributed by atoms with Gasteiger partial charge in [0.15, 0.2) is 14.4 Å². The Morgan fingerprint density at radius 2 is 1.76 bits per heavy atom. The lowest BCUT2D eigenvalue weighted by atomic mass is 9.47. The van der Waals surface area contributed by atoms with Gasteiger partial charge in [-0.3, -0.25) is 19.4 Å². The molecule has 9 rings (SSSR count). The molecule has 2 saturated heterocycles. The van der Waals surface area contributed by atoms with Gasteiger partial charge < -0.3 is 38.4 Å². The summed E-state index contributed by atoms with van der Waals surface area (Å²) < 4.78 is 31.1. The van der Waals surface area contributed by atoms with Gasteiger partial charge in [-0.2, -0.15) is 0 Å². The van der Waals surface area contributed by atoms with E-state index in [0.29, 0.717) is 76.1 Å². The Morgan fingerprint density at radius 3 is 2.43 bits per heavy atom. The number of aliphatic hydroxyl groups is 1. The van der Waals surface area contributed by atoms with E-state index < -0.39 is 65.8 Å². The summed E-state index contributed by atoms with van der Waals surface area (Å²) in [5, 5.41) is 14.4. The topological polar surface area (TPSA) is 143 Å². The molecule has 6 heterocycles. The summed E-state index contributed by atoms with van der Waals surface area (Å²) in [7, 11) is 4.04. The maximum absolute atomic E-state index is 15.5. The first-order chi connectivity index (χ1) is 29.9. The van der Waals surface area contributed by atoms with Gasteiger partial charge >= 0.3 is 17.9 Å². The number of terminal acetylenes is 1. The first kappa shape index (κ1) is 43.6. The number of benzene rings is 2. The highest BCUT2D eigenvalue weighted by molar-refractivity contribution is 6.69. The minimum absolute atomic E-state index is 0.115. The average Bonchev–Trinajstić information content (AvgIpc) is 3.92. The SMILES string of the molecule is C#C[C@]1(O[Si](C)(C)C)C[C@@H]2CN(CCc3c([nH]c4ccccc34)[C@@](C(=O)OC)(c3cc4c(cc3OC)N(C)[C@H]3[C@@](O)(C(=O)OC)[C@H](OC(C)=O)[C@]5(CC)C=CCN6CC[C@]43[C@@H]65)C2)C1. The Labute approximate surface area is 371 Å². The predicted molar refractivity (Wildman–Crippen MR) is 241 cm³/mol. The molecule has 2 N–H and O–H groups in total. The van der Waals surface area contributed by atoms with Crippen LogP contribution in [-0.2, 0) is 50.3 Å². The number of aromatic amines is 1. The molecule has 1 unspecified atom stereocenters. The molecule has 1 aliphatic carbocycles. The molecular weight excluding hydrogens is 817 g/mol. The van der Waals surface area contributed by atoms with Gasteiger partial charge in [0, 0.05) is 90.9 Å². The number of carbonyl (C=O) groups excluding carboxylic acids is 3. The van der Waals surface area contributed by atoms with Crippen molar-refractivity contribution >= 4 is 42.8 Å². The third-order valence-electron chi connectivity index (χ3n) is 15.6. The van der Waals surface area contributed by atoms with Crippen molar-refractivity contribution in [2.75, 3.05) is 66.0 Å². The van der Waals surface area contributed by atoms with Crippen molar-refractivity contribution in [3.63, 3.8) is 0 Å². The third kappa shape index (κ3) is 5.98. The van der Waals surface area contributed by atoms with E-state index in [-0.39, 0.29) is 12.0 Å². The van der Waals surface area contributed by atoms with E-state index in [1.807, 2.05) is 43.1 Å². The molecule has 336 valence electrons. The maximum atomic E-state index is 15.5. The largest absolute Gasteiger partial charge is 0.496 e. The van der Waals surface area contributed by atoms with Gasteiger partial charge in [-0.15, -0.1) is 6.42 Å². The maximum Gasteiger partial charge on any atom is 0.344 e. The Kier molecular flexibility index (Phi) is 10.3. The lowest BCUT2D eigenvalue weighted by molar-refractivity contribution is -0.228. The number of nitrogens with one attached hydrogen (secondary N) is 1. The Hall–Kier alpha value is -4.65. The molecule has 13 nitrogen and oxygen atoms in total. The summed E-state index contributed by atoms with van der Waals surface area (Å²) in [6, 6.07) is 11.0. The normalized spacial score (nSPS) is 35.5. The zero-order valence-corrected chi connectivity index (χ0v) is 39.1. The van der Waals surface area contributed by atoms with Crippen LogP contribution in [-0.4, -0.2) is 137 Å². The van der Waals surface area contributed by atoms with E-state index in [2.05, 4.69) is 64.6 Å². The van der Waals surface area contributed by atoms with Crippen molar-refractivity contribution in [1.82, 2.24) is 14.8 Å². The number of fused-ring (bicyclic) bond motifs is 6. The molecule has 63 heavy (non-hydrogen) atoms. The Bertz CT molecular complexity index is 2460. The van der Waals surface area contributed by atoms with E-state index in [4.69, 9.17) is 29.8 Å². The number of H-pyrrole nitrogens is 1. The smallest absolute Gasteiger partial charge is 0.344 e. The van der Waals surface area contributed by atoms with Crippen molar-refractivity contribution in [2.24, 2.45) is 11.3 Å². The molecule has 3 fully saturated rings. The molecule has 2 bridgehead atoms. The van der Waals surface area contributed by atoms with Crippen LogP contribution in [0.25, 0.3) is 10.9 Å². The molecule has 10 atom stereocenters. The lowest BCUT2D eigenvalue weighted by Crippen LogP contribution is -2.81. The van der Waals surface area contributed by atoms with Crippen LogP contribution in [0.1, 0.15) is 61.9 Å². The van der Waals surface area contributed by atoms with Crippen LogP contribution >= 0.6 is 0 Å². The second-order valence-electron chi connectivity index (χ2n) is 20.0. The number of aromatic nitrogens is 1. The standard InChI is InChI=1S/C49H62N4O9Si/c1-11-45(62-63(8,9)10)26-31-27-48(43(55)59-6,39-33(18-22-52(28-31)29-45)32-16-13-14-17-36(32)50-39)35-24-34-37(25-38(35)58-5)51(4)41-47(34)20-23-53-21-15-19-46(12-2,40(47)53)42(61-30(3)54)49(41,57)44(56)60-7/h1,13-17,19,24-25,31,40-42,50,57H,12,18,20-23,26-29H2,2-10H3/t31-,40-,41+,42+,45-,46+,47+,48-,49-/m0/s1. The highest BCUT2D eigenvalue weighted by atomic mass is 28.4. The van der Waals surface area contributed by atoms with Crippen molar-refractivity contribution < 1.29 is 42.9 Å². The van der Waals surface area contributed by atoms with E-state index in [1.54, 1.807) is 7.11 Å². The fourth-order valence-corrected chi connectivity index (χ4v) is 15.3. The third-order valence-corrected chi connectivity index (χ3v) is 16.6. The summed E-state index contributed by atoms with van der Waals surface area (Å²) >= 11 is 0. The molecule has 2 aromatic carbocycles. The molecular formula is C49H62N4O9Si. The molecule has 0 amide bonds. The van der Waals surface area contributed by atoms with E-state index >= 15 is 4.79 Å². The quantitative estimate of drug-likeness (QED) is 0.103. The fourth-order valence-electron chi connectivity index (χ4n) is 13.9. The van der Waals surface area contributed by atoms with Crippen molar-refractivity contribution in [3.05, 3.63) is 70.9 Å². The minimum atomic E-state index is -2.31. The number of anilines is 1. The predicted octanol–water partition coefficient (Wildman–Crippen LogP) is 5.07. The zero-order chi connectivity index (χ0) is 45.1. The van der Waals surface area contributed by atoms with Crippen LogP contribution in [0.2, 0.25) is 19.6 Å². The zero-order valence-electron chi connectivity index (χ0n) is 38.1. The summed E-state index contributed by atoms with van der Waals surface area (Å²) in [6.07, 6.45) is 11.8. The van der Waals surface area contributed by atoms with Crippen LogP contribution in [0.4, 0.5) is 5.69 Å². The van der Waals surface area contributed by atoms with E-state index in [9.17, 15) is 14.7 Å². The van der Waals surface area contributed by atoms with Crippen molar-refractivity contribution in [1.29, 1.82) is 0 Å². The van der Waals surface area contributed by atoms with Gasteiger partial charge in [0.2, 0.25) is 5.60 Å². The number of rotatable bonds is 8. The lowest BCUT2D eigenvalue weighted by Gasteiger charge is -2.63. The van der Waals surface area contributed by atoms with Crippen LogP contribution in [0, 0.1) is 23.7 Å².